The van der Waals surface area contributed by atoms with Crippen molar-refractivity contribution in [2.45, 2.75) is 29.1 Å². The Labute approximate surface area is 184 Å². The summed E-state index contributed by atoms with van der Waals surface area (Å²) in [5.41, 5.74) is 1.07. The number of amides is 1. The van der Waals surface area contributed by atoms with Gasteiger partial charge in [-0.3, -0.25) is 4.79 Å². The van der Waals surface area contributed by atoms with E-state index in [0.29, 0.717) is 23.3 Å². The minimum atomic E-state index is -3.87. The van der Waals surface area contributed by atoms with Crippen LogP contribution < -0.4 is 21.0 Å². The van der Waals surface area contributed by atoms with Gasteiger partial charge in [0.2, 0.25) is 21.1 Å². The van der Waals surface area contributed by atoms with E-state index in [2.05, 4.69) is 15.5 Å². The van der Waals surface area contributed by atoms with Crippen LogP contribution >= 0.6 is 11.8 Å². The highest BCUT2D eigenvalue weighted by atomic mass is 32.2. The highest BCUT2D eigenvalue weighted by molar-refractivity contribution is 8.00. The lowest BCUT2D eigenvalue weighted by atomic mass is 10.2. The molecule has 1 aromatic heterocycles. The van der Waals surface area contributed by atoms with Gasteiger partial charge >= 0.3 is 0 Å². The van der Waals surface area contributed by atoms with Crippen molar-refractivity contribution in [1.82, 2.24) is 14.9 Å². The molecule has 0 saturated heterocycles. The third-order valence-electron chi connectivity index (χ3n) is 4.17. The molecule has 0 saturated carbocycles. The van der Waals surface area contributed by atoms with Crippen LogP contribution in [0.1, 0.15) is 13.8 Å². The Kier molecular flexibility index (Phi) is 6.83. The summed E-state index contributed by atoms with van der Waals surface area (Å²) in [6, 6.07) is 13.0. The molecule has 1 heterocycles. The summed E-state index contributed by atoms with van der Waals surface area (Å²) >= 11 is 1.12. The number of nitrogens with two attached hydrogens (primary N) is 2. The van der Waals surface area contributed by atoms with E-state index in [-0.39, 0.29) is 10.8 Å². The van der Waals surface area contributed by atoms with Crippen molar-refractivity contribution in [3.63, 3.8) is 0 Å². The number of benzene rings is 2. The smallest absolute Gasteiger partial charge is 0.238 e. The van der Waals surface area contributed by atoms with Gasteiger partial charge in [-0.05, 0) is 56.3 Å². The van der Waals surface area contributed by atoms with E-state index in [0.717, 1.165) is 23.1 Å². The predicted molar refractivity (Wildman–Crippen MR) is 119 cm³/mol. The van der Waals surface area contributed by atoms with E-state index in [1.165, 1.54) is 22.9 Å². The lowest BCUT2D eigenvalue weighted by Crippen LogP contribution is -2.24. The Morgan fingerprint density at radius 2 is 1.94 bits per heavy atom. The number of nitrogens with one attached hydrogen (secondary N) is 1. The zero-order valence-corrected chi connectivity index (χ0v) is 18.5. The second-order valence-corrected chi connectivity index (χ2v) is 9.33. The molecular formula is C19H22N6O4S2. The SMILES string of the molecule is CCOc1ccc(-c2nnc(SC(C)C(=O)Nc3cccc(S(N)(=O)=O)c3)n2N)cc1. The van der Waals surface area contributed by atoms with Gasteiger partial charge in [0, 0.05) is 11.3 Å². The van der Waals surface area contributed by atoms with Crippen molar-refractivity contribution in [2.75, 3.05) is 17.8 Å². The molecule has 0 aliphatic rings. The number of primary sulfonamides is 1. The minimum absolute atomic E-state index is 0.0905. The molecule has 164 valence electrons. The van der Waals surface area contributed by atoms with Gasteiger partial charge in [0.1, 0.15) is 5.75 Å². The summed E-state index contributed by atoms with van der Waals surface area (Å²) in [5.74, 6) is 6.95. The number of thioether (sulfide) groups is 1. The molecule has 5 N–H and O–H groups in total. The molecule has 2 aromatic carbocycles. The molecule has 3 rings (SSSR count). The largest absolute Gasteiger partial charge is 0.494 e. The number of rotatable bonds is 8. The normalized spacial score (nSPS) is 12.4. The number of hydrogen-bond donors (Lipinski definition) is 3. The van der Waals surface area contributed by atoms with Crippen LogP contribution in [0, 0.1) is 0 Å². The average molecular weight is 463 g/mol. The van der Waals surface area contributed by atoms with Crippen LogP contribution in [0.25, 0.3) is 11.4 Å². The van der Waals surface area contributed by atoms with Gasteiger partial charge in [0.25, 0.3) is 0 Å². The van der Waals surface area contributed by atoms with E-state index in [4.69, 9.17) is 15.7 Å². The molecule has 10 nitrogen and oxygen atoms in total. The highest BCUT2D eigenvalue weighted by Crippen LogP contribution is 2.26. The molecular weight excluding hydrogens is 440 g/mol. The van der Waals surface area contributed by atoms with Crippen LogP contribution in [-0.4, -0.2) is 41.1 Å². The summed E-state index contributed by atoms with van der Waals surface area (Å²) in [7, 11) is -3.87. The molecule has 0 fully saturated rings. The first kappa shape index (κ1) is 22.6. The monoisotopic (exact) mass is 462 g/mol. The number of aromatic nitrogens is 3. The van der Waals surface area contributed by atoms with E-state index in [1.54, 1.807) is 13.0 Å². The van der Waals surface area contributed by atoms with Crippen LogP contribution in [-0.2, 0) is 14.8 Å². The minimum Gasteiger partial charge on any atom is -0.494 e. The van der Waals surface area contributed by atoms with Crippen molar-refractivity contribution >= 4 is 33.4 Å². The average Bonchev–Trinajstić information content (AvgIpc) is 3.08. The lowest BCUT2D eigenvalue weighted by molar-refractivity contribution is -0.115. The van der Waals surface area contributed by atoms with Crippen LogP contribution in [0.5, 0.6) is 5.75 Å². The summed E-state index contributed by atoms with van der Waals surface area (Å²) in [6.07, 6.45) is 0. The molecule has 12 heteroatoms. The fraction of sp³-hybridized carbons (Fsp3) is 0.211. The molecule has 31 heavy (non-hydrogen) atoms. The van der Waals surface area contributed by atoms with Gasteiger partial charge in [-0.15, -0.1) is 10.2 Å². The Balaban J connectivity index is 1.69. The predicted octanol–water partition coefficient (Wildman–Crippen LogP) is 1.82. The second-order valence-electron chi connectivity index (χ2n) is 6.46. The quantitative estimate of drug-likeness (QED) is 0.338. The molecule has 0 bridgehead atoms. The van der Waals surface area contributed by atoms with Crippen LogP contribution in [0.2, 0.25) is 0 Å². The van der Waals surface area contributed by atoms with Gasteiger partial charge in [0.15, 0.2) is 5.82 Å². The summed E-state index contributed by atoms with van der Waals surface area (Å²) in [4.78, 5) is 12.4. The van der Waals surface area contributed by atoms with E-state index >= 15 is 0 Å². The van der Waals surface area contributed by atoms with E-state index < -0.39 is 15.3 Å². The number of nitrogens with zero attached hydrogens (tertiary/aromatic N) is 3. The number of ether oxygens (including phenoxy) is 1. The highest BCUT2D eigenvalue weighted by Gasteiger charge is 2.20. The Bertz CT molecular complexity index is 1180. The number of nitrogen functional groups attached to an aromatic ring is 1. The van der Waals surface area contributed by atoms with Crippen molar-refractivity contribution in [2.24, 2.45) is 5.14 Å². The van der Waals surface area contributed by atoms with Crippen molar-refractivity contribution in [3.8, 4) is 17.1 Å². The number of carbonyl (C=O) groups is 1. The van der Waals surface area contributed by atoms with Crippen LogP contribution in [0.4, 0.5) is 5.69 Å². The maximum atomic E-state index is 12.5. The molecule has 1 atom stereocenters. The lowest BCUT2D eigenvalue weighted by Gasteiger charge is -2.12. The van der Waals surface area contributed by atoms with Gasteiger partial charge < -0.3 is 15.9 Å². The topological polar surface area (TPSA) is 155 Å². The number of sulfonamides is 1. The van der Waals surface area contributed by atoms with E-state index in [1.807, 2.05) is 31.2 Å². The zero-order chi connectivity index (χ0) is 22.6. The fourth-order valence-corrected chi connectivity index (χ4v) is 3.96. The number of hydrogen-bond acceptors (Lipinski definition) is 8. The third-order valence-corrected chi connectivity index (χ3v) is 6.14. The Morgan fingerprint density at radius 1 is 1.23 bits per heavy atom. The molecule has 1 unspecified atom stereocenters. The molecule has 0 aliphatic carbocycles. The first-order valence-electron chi connectivity index (χ1n) is 9.23. The maximum absolute atomic E-state index is 12.5. The first-order chi connectivity index (χ1) is 14.7. The first-order valence-corrected chi connectivity index (χ1v) is 11.7. The van der Waals surface area contributed by atoms with Gasteiger partial charge in [-0.2, -0.15) is 0 Å². The third kappa shape index (κ3) is 5.54. The van der Waals surface area contributed by atoms with Crippen molar-refractivity contribution < 1.29 is 17.9 Å². The van der Waals surface area contributed by atoms with Gasteiger partial charge in [-0.1, -0.05) is 17.8 Å². The zero-order valence-electron chi connectivity index (χ0n) is 16.8. The maximum Gasteiger partial charge on any atom is 0.238 e. The standard InChI is InChI=1S/C19H22N6O4S2/c1-3-29-15-9-7-13(8-10-15)17-23-24-19(25(17)20)30-12(2)18(26)22-14-5-4-6-16(11-14)31(21,27)28/h4-12H,3,20H2,1-2H3,(H,22,26)(H2,21,27,28). The Morgan fingerprint density at radius 3 is 2.58 bits per heavy atom. The molecule has 3 aromatic rings. The van der Waals surface area contributed by atoms with Crippen molar-refractivity contribution in [1.29, 1.82) is 0 Å². The van der Waals surface area contributed by atoms with Gasteiger partial charge in [0.05, 0.1) is 16.8 Å². The second kappa shape index (κ2) is 9.37. The summed E-state index contributed by atoms with van der Waals surface area (Å²) in [6.45, 7) is 4.15. The number of carbonyl (C=O) groups excluding carboxylic acids is 1. The molecule has 0 spiro atoms. The number of anilines is 1. The van der Waals surface area contributed by atoms with Crippen LogP contribution in [0.15, 0.2) is 58.6 Å². The van der Waals surface area contributed by atoms with Gasteiger partial charge in [-0.25, -0.2) is 18.2 Å². The van der Waals surface area contributed by atoms with E-state index in [9.17, 15) is 13.2 Å². The molecule has 1 amide bonds. The summed E-state index contributed by atoms with van der Waals surface area (Å²) in [5, 5.41) is 15.7. The molecule has 0 aliphatic heterocycles. The van der Waals surface area contributed by atoms with Crippen molar-refractivity contribution in [3.05, 3.63) is 48.5 Å². The summed E-state index contributed by atoms with van der Waals surface area (Å²) < 4.78 is 29.7. The Hall–Kier alpha value is -3.09. The molecule has 0 radical (unpaired) electrons. The fourth-order valence-electron chi connectivity index (χ4n) is 2.63. The van der Waals surface area contributed by atoms with Crippen LogP contribution in [0.3, 0.4) is 0 Å².